The molecule has 1 aromatic carbocycles. The zero-order valence-electron chi connectivity index (χ0n) is 11.1. The Bertz CT molecular complexity index is 680. The Morgan fingerprint density at radius 1 is 1.37 bits per heavy atom. The number of aryl methyl sites for hydroxylation is 2. The summed E-state index contributed by atoms with van der Waals surface area (Å²) in [6.07, 6.45) is 1.76. The van der Waals surface area contributed by atoms with E-state index in [0.717, 1.165) is 40.6 Å². The molecule has 3 rings (SSSR count). The SMILES string of the molecule is Cc1[nH]c2ccc(C3(CC(=O)O)CC3)c(O)c2c1C. The quantitative estimate of drug-likeness (QED) is 0.793. The lowest BCUT2D eigenvalue weighted by Crippen LogP contribution is -2.13. The maximum Gasteiger partial charge on any atom is 0.304 e. The number of rotatable bonds is 3. The van der Waals surface area contributed by atoms with Gasteiger partial charge >= 0.3 is 5.97 Å². The molecular weight excluding hydrogens is 242 g/mol. The van der Waals surface area contributed by atoms with Crippen LogP contribution in [0.25, 0.3) is 10.9 Å². The lowest BCUT2D eigenvalue weighted by molar-refractivity contribution is -0.137. The highest BCUT2D eigenvalue weighted by atomic mass is 16.4. The minimum Gasteiger partial charge on any atom is -0.507 e. The number of carboxylic acid groups (broad SMARTS) is 1. The molecule has 0 aliphatic heterocycles. The molecule has 4 heteroatoms. The lowest BCUT2D eigenvalue weighted by Gasteiger charge is -2.15. The first-order valence-corrected chi connectivity index (χ1v) is 6.48. The molecule has 0 amide bonds. The van der Waals surface area contributed by atoms with E-state index < -0.39 is 5.97 Å². The molecule has 0 saturated heterocycles. The molecule has 100 valence electrons. The number of aromatic hydroxyl groups is 1. The molecule has 2 aromatic rings. The van der Waals surface area contributed by atoms with Crippen LogP contribution in [0.3, 0.4) is 0 Å². The van der Waals surface area contributed by atoms with Gasteiger partial charge in [0.2, 0.25) is 0 Å². The van der Waals surface area contributed by atoms with E-state index in [-0.39, 0.29) is 17.6 Å². The summed E-state index contributed by atoms with van der Waals surface area (Å²) < 4.78 is 0. The van der Waals surface area contributed by atoms with E-state index in [9.17, 15) is 9.90 Å². The van der Waals surface area contributed by atoms with Crippen LogP contribution in [0.15, 0.2) is 12.1 Å². The van der Waals surface area contributed by atoms with Crippen LogP contribution >= 0.6 is 0 Å². The van der Waals surface area contributed by atoms with Crippen molar-refractivity contribution in [3.05, 3.63) is 29.0 Å². The summed E-state index contributed by atoms with van der Waals surface area (Å²) in [5.74, 6) is -0.558. The van der Waals surface area contributed by atoms with E-state index >= 15 is 0 Å². The van der Waals surface area contributed by atoms with Gasteiger partial charge in [0.1, 0.15) is 5.75 Å². The van der Waals surface area contributed by atoms with Gasteiger partial charge in [0.25, 0.3) is 0 Å². The van der Waals surface area contributed by atoms with Crippen molar-refractivity contribution in [3.63, 3.8) is 0 Å². The highest BCUT2D eigenvalue weighted by molar-refractivity contribution is 5.92. The fraction of sp³-hybridized carbons (Fsp3) is 0.400. The standard InChI is InChI=1S/C15H17NO3/c1-8-9(2)16-11-4-3-10(14(19)13(8)11)15(5-6-15)7-12(17)18/h3-4,16,19H,5-7H2,1-2H3,(H,17,18). The summed E-state index contributed by atoms with van der Waals surface area (Å²) in [5.41, 5.74) is 3.39. The summed E-state index contributed by atoms with van der Waals surface area (Å²) in [6.45, 7) is 3.94. The first kappa shape index (κ1) is 12.1. The zero-order valence-corrected chi connectivity index (χ0v) is 11.1. The van der Waals surface area contributed by atoms with Gasteiger partial charge in [0, 0.05) is 27.6 Å². The van der Waals surface area contributed by atoms with Crippen molar-refractivity contribution in [2.75, 3.05) is 0 Å². The van der Waals surface area contributed by atoms with Crippen molar-refractivity contribution in [2.24, 2.45) is 0 Å². The number of hydrogen-bond acceptors (Lipinski definition) is 2. The molecule has 1 aliphatic carbocycles. The number of carboxylic acids is 1. The summed E-state index contributed by atoms with van der Waals surface area (Å²) in [6, 6.07) is 3.80. The Morgan fingerprint density at radius 3 is 2.63 bits per heavy atom. The van der Waals surface area contributed by atoms with E-state index in [2.05, 4.69) is 4.98 Å². The maximum atomic E-state index is 11.0. The minimum absolute atomic E-state index is 0.0918. The van der Waals surface area contributed by atoms with Gasteiger partial charge in [-0.2, -0.15) is 0 Å². The number of hydrogen-bond donors (Lipinski definition) is 3. The number of nitrogens with one attached hydrogen (secondary N) is 1. The number of aromatic nitrogens is 1. The molecule has 1 saturated carbocycles. The van der Waals surface area contributed by atoms with E-state index in [1.54, 1.807) is 0 Å². The molecule has 1 heterocycles. The van der Waals surface area contributed by atoms with Crippen LogP contribution in [0, 0.1) is 13.8 Å². The first-order chi connectivity index (χ1) is 8.94. The first-order valence-electron chi connectivity index (χ1n) is 6.48. The van der Waals surface area contributed by atoms with Gasteiger partial charge in [-0.3, -0.25) is 4.79 Å². The van der Waals surface area contributed by atoms with Crippen molar-refractivity contribution in [1.82, 2.24) is 4.98 Å². The third-order valence-electron chi connectivity index (χ3n) is 4.35. The molecule has 1 aromatic heterocycles. The lowest BCUT2D eigenvalue weighted by atomic mass is 9.90. The maximum absolute atomic E-state index is 11.0. The number of carbonyl (C=O) groups is 1. The monoisotopic (exact) mass is 259 g/mol. The normalized spacial score (nSPS) is 16.7. The van der Waals surface area contributed by atoms with Crippen molar-refractivity contribution < 1.29 is 15.0 Å². The highest BCUT2D eigenvalue weighted by Crippen LogP contribution is 2.55. The van der Waals surface area contributed by atoms with Crippen LogP contribution in [0.2, 0.25) is 0 Å². The molecule has 0 bridgehead atoms. The second-order valence-corrected chi connectivity index (χ2v) is 5.61. The van der Waals surface area contributed by atoms with Crippen LogP contribution in [0.4, 0.5) is 0 Å². The second-order valence-electron chi connectivity index (χ2n) is 5.61. The van der Waals surface area contributed by atoms with Crippen molar-refractivity contribution >= 4 is 16.9 Å². The Hall–Kier alpha value is -1.97. The smallest absolute Gasteiger partial charge is 0.304 e. The number of benzene rings is 1. The topological polar surface area (TPSA) is 73.3 Å². The van der Waals surface area contributed by atoms with Crippen molar-refractivity contribution in [3.8, 4) is 5.75 Å². The van der Waals surface area contributed by atoms with E-state index in [1.807, 2.05) is 26.0 Å². The van der Waals surface area contributed by atoms with Crippen LogP contribution in [-0.2, 0) is 10.2 Å². The van der Waals surface area contributed by atoms with Crippen molar-refractivity contribution in [1.29, 1.82) is 0 Å². The molecule has 0 unspecified atom stereocenters. The van der Waals surface area contributed by atoms with Gasteiger partial charge in [-0.1, -0.05) is 6.07 Å². The van der Waals surface area contributed by atoms with Crippen LogP contribution in [0.1, 0.15) is 36.1 Å². The predicted octanol–water partition coefficient (Wildman–Crippen LogP) is 3.00. The Kier molecular flexibility index (Phi) is 2.39. The van der Waals surface area contributed by atoms with Gasteiger partial charge in [-0.05, 0) is 38.3 Å². The summed E-state index contributed by atoms with van der Waals surface area (Å²) in [7, 11) is 0. The number of phenols is 1. The van der Waals surface area contributed by atoms with Crippen molar-refractivity contribution in [2.45, 2.75) is 38.5 Å². The van der Waals surface area contributed by atoms with Gasteiger partial charge < -0.3 is 15.2 Å². The van der Waals surface area contributed by atoms with Gasteiger partial charge in [0.15, 0.2) is 0 Å². The average Bonchev–Trinajstić information content (AvgIpc) is 3.01. The number of phenolic OH excluding ortho intramolecular Hbond substituents is 1. The van der Waals surface area contributed by atoms with Gasteiger partial charge in [0.05, 0.1) is 6.42 Å². The summed E-state index contributed by atoms with van der Waals surface area (Å²) in [5, 5.41) is 20.4. The zero-order chi connectivity index (χ0) is 13.8. The van der Waals surface area contributed by atoms with Gasteiger partial charge in [-0.15, -0.1) is 0 Å². The number of H-pyrrole nitrogens is 1. The molecule has 19 heavy (non-hydrogen) atoms. The van der Waals surface area contributed by atoms with Crippen LogP contribution in [-0.4, -0.2) is 21.2 Å². The highest BCUT2D eigenvalue weighted by Gasteiger charge is 2.47. The third-order valence-corrected chi connectivity index (χ3v) is 4.35. The fourth-order valence-electron chi connectivity index (χ4n) is 2.97. The van der Waals surface area contributed by atoms with E-state index in [1.165, 1.54) is 0 Å². The van der Waals surface area contributed by atoms with Crippen LogP contribution < -0.4 is 0 Å². The number of fused-ring (bicyclic) bond motifs is 1. The molecule has 1 fully saturated rings. The molecule has 0 spiro atoms. The summed E-state index contributed by atoms with van der Waals surface area (Å²) in [4.78, 5) is 14.2. The van der Waals surface area contributed by atoms with E-state index in [0.29, 0.717) is 0 Å². The number of aromatic amines is 1. The molecular formula is C15H17NO3. The van der Waals surface area contributed by atoms with Crippen LogP contribution in [0.5, 0.6) is 5.75 Å². The van der Waals surface area contributed by atoms with E-state index in [4.69, 9.17) is 5.11 Å². The third kappa shape index (κ3) is 1.70. The Morgan fingerprint density at radius 2 is 2.05 bits per heavy atom. The Balaban J connectivity index is 2.18. The summed E-state index contributed by atoms with van der Waals surface area (Å²) >= 11 is 0. The van der Waals surface area contributed by atoms with Gasteiger partial charge in [-0.25, -0.2) is 0 Å². The number of aliphatic carboxylic acids is 1. The molecule has 3 N–H and O–H groups in total. The predicted molar refractivity (Wildman–Crippen MR) is 72.6 cm³/mol. The molecule has 0 atom stereocenters. The largest absolute Gasteiger partial charge is 0.507 e. The average molecular weight is 259 g/mol. The molecule has 1 aliphatic rings. The Labute approximate surface area is 111 Å². The second kappa shape index (κ2) is 3.76. The molecule has 0 radical (unpaired) electrons. The molecule has 4 nitrogen and oxygen atoms in total. The minimum atomic E-state index is -0.807. The fourth-order valence-corrected chi connectivity index (χ4v) is 2.97.